The molecule has 0 saturated carbocycles. The second-order valence-electron chi connectivity index (χ2n) is 6.56. The van der Waals surface area contributed by atoms with Gasteiger partial charge in [-0.1, -0.05) is 11.6 Å². The Bertz CT molecular complexity index is 510. The van der Waals surface area contributed by atoms with E-state index >= 15 is 0 Å². The maximum absolute atomic E-state index is 12.0. The van der Waals surface area contributed by atoms with Gasteiger partial charge in [0.2, 0.25) is 0 Å². The van der Waals surface area contributed by atoms with E-state index in [0.717, 1.165) is 0 Å². The fraction of sp³-hybridized carbons (Fsp3) is 0.533. The van der Waals surface area contributed by atoms with Gasteiger partial charge in [0.25, 0.3) is 0 Å². The summed E-state index contributed by atoms with van der Waals surface area (Å²) in [6.45, 7) is 10.4. The highest BCUT2D eigenvalue weighted by atomic mass is 35.5. The standard InChI is InChI=1S/C15H20ClNO4/c1-14(2,3)20-12(18)10-7-9(16)8-11(17-10)13(19)21-15(4,5)6/h7-8H,1-6H3. The number of halogens is 1. The number of esters is 2. The van der Waals surface area contributed by atoms with E-state index in [4.69, 9.17) is 21.1 Å². The van der Waals surface area contributed by atoms with Crippen LogP contribution in [-0.4, -0.2) is 28.1 Å². The third-order valence-electron chi connectivity index (χ3n) is 2.01. The second-order valence-corrected chi connectivity index (χ2v) is 7.00. The van der Waals surface area contributed by atoms with Gasteiger partial charge in [-0.25, -0.2) is 14.6 Å². The smallest absolute Gasteiger partial charge is 0.357 e. The number of carbonyl (C=O) groups excluding carboxylic acids is 2. The number of hydrogen-bond acceptors (Lipinski definition) is 5. The molecule has 0 unspecified atom stereocenters. The largest absolute Gasteiger partial charge is 0.455 e. The molecule has 0 aliphatic heterocycles. The lowest BCUT2D eigenvalue weighted by atomic mass is 10.2. The highest BCUT2D eigenvalue weighted by Crippen LogP contribution is 2.18. The third kappa shape index (κ3) is 6.12. The maximum atomic E-state index is 12.0. The predicted octanol–water partition coefficient (Wildman–Crippen LogP) is 3.65. The average molecular weight is 314 g/mol. The highest BCUT2D eigenvalue weighted by Gasteiger charge is 2.23. The Morgan fingerprint density at radius 2 is 1.24 bits per heavy atom. The molecule has 1 aromatic rings. The molecule has 5 nitrogen and oxygen atoms in total. The van der Waals surface area contributed by atoms with Crippen molar-refractivity contribution in [1.82, 2.24) is 4.98 Å². The van der Waals surface area contributed by atoms with Crippen molar-refractivity contribution in [3.8, 4) is 0 Å². The highest BCUT2D eigenvalue weighted by molar-refractivity contribution is 6.31. The van der Waals surface area contributed by atoms with Gasteiger partial charge in [-0.05, 0) is 53.7 Å². The molecule has 0 radical (unpaired) electrons. The summed E-state index contributed by atoms with van der Waals surface area (Å²) in [4.78, 5) is 27.9. The fourth-order valence-electron chi connectivity index (χ4n) is 1.37. The Labute approximate surface area is 129 Å². The van der Waals surface area contributed by atoms with Crippen molar-refractivity contribution in [2.45, 2.75) is 52.7 Å². The van der Waals surface area contributed by atoms with Crippen LogP contribution in [0.1, 0.15) is 62.5 Å². The van der Waals surface area contributed by atoms with Crippen molar-refractivity contribution in [2.24, 2.45) is 0 Å². The van der Waals surface area contributed by atoms with E-state index in [0.29, 0.717) is 0 Å². The first-order valence-corrected chi connectivity index (χ1v) is 6.89. The topological polar surface area (TPSA) is 65.5 Å². The molecule has 0 aliphatic rings. The van der Waals surface area contributed by atoms with Gasteiger partial charge in [0.1, 0.15) is 11.2 Å². The van der Waals surface area contributed by atoms with Crippen LogP contribution in [0.2, 0.25) is 5.02 Å². The summed E-state index contributed by atoms with van der Waals surface area (Å²) < 4.78 is 10.4. The lowest BCUT2D eigenvalue weighted by Crippen LogP contribution is -2.26. The number of pyridine rings is 1. The zero-order valence-electron chi connectivity index (χ0n) is 13.1. The number of rotatable bonds is 2. The van der Waals surface area contributed by atoms with Crippen LogP contribution >= 0.6 is 11.6 Å². The van der Waals surface area contributed by atoms with E-state index in [2.05, 4.69) is 4.98 Å². The van der Waals surface area contributed by atoms with E-state index in [1.165, 1.54) is 12.1 Å². The minimum Gasteiger partial charge on any atom is -0.455 e. The molecule has 116 valence electrons. The van der Waals surface area contributed by atoms with Gasteiger partial charge in [0.05, 0.1) is 0 Å². The normalized spacial score (nSPS) is 12.0. The second kappa shape index (κ2) is 6.02. The first-order valence-electron chi connectivity index (χ1n) is 6.52. The lowest BCUT2D eigenvalue weighted by Gasteiger charge is -2.20. The quantitative estimate of drug-likeness (QED) is 0.780. The number of ether oxygens (including phenoxy) is 2. The summed E-state index contributed by atoms with van der Waals surface area (Å²) in [5, 5.41) is 0.215. The molecule has 0 aromatic carbocycles. The molecule has 0 saturated heterocycles. The average Bonchev–Trinajstić information content (AvgIpc) is 2.23. The molecule has 1 heterocycles. The van der Waals surface area contributed by atoms with Crippen molar-refractivity contribution < 1.29 is 19.1 Å². The molecule has 21 heavy (non-hydrogen) atoms. The Hall–Kier alpha value is -1.62. The van der Waals surface area contributed by atoms with Gasteiger partial charge < -0.3 is 9.47 Å². The van der Waals surface area contributed by atoms with Gasteiger partial charge in [0, 0.05) is 5.02 Å². The van der Waals surface area contributed by atoms with Crippen molar-refractivity contribution in [1.29, 1.82) is 0 Å². The van der Waals surface area contributed by atoms with Crippen LogP contribution in [0.25, 0.3) is 0 Å². The molecular formula is C15H20ClNO4. The van der Waals surface area contributed by atoms with Gasteiger partial charge in [-0.3, -0.25) is 0 Å². The molecule has 0 amide bonds. The lowest BCUT2D eigenvalue weighted by molar-refractivity contribution is 0.00580. The monoisotopic (exact) mass is 313 g/mol. The van der Waals surface area contributed by atoms with Gasteiger partial charge >= 0.3 is 11.9 Å². The van der Waals surface area contributed by atoms with Crippen molar-refractivity contribution in [3.63, 3.8) is 0 Å². The van der Waals surface area contributed by atoms with Crippen LogP contribution < -0.4 is 0 Å². The van der Waals surface area contributed by atoms with Crippen molar-refractivity contribution in [3.05, 3.63) is 28.5 Å². The molecule has 6 heteroatoms. The molecule has 0 N–H and O–H groups in total. The predicted molar refractivity (Wildman–Crippen MR) is 79.6 cm³/mol. The summed E-state index contributed by atoms with van der Waals surface area (Å²) in [6.07, 6.45) is 0. The zero-order chi connectivity index (χ0) is 16.4. The molecule has 1 aromatic heterocycles. The number of hydrogen-bond donors (Lipinski definition) is 0. The summed E-state index contributed by atoms with van der Waals surface area (Å²) in [7, 11) is 0. The third-order valence-corrected chi connectivity index (χ3v) is 2.22. The van der Waals surface area contributed by atoms with E-state index in [-0.39, 0.29) is 16.4 Å². The first kappa shape index (κ1) is 17.4. The number of aromatic nitrogens is 1. The van der Waals surface area contributed by atoms with E-state index in [9.17, 15) is 9.59 Å². The SMILES string of the molecule is CC(C)(C)OC(=O)c1cc(Cl)cc(C(=O)OC(C)(C)C)n1. The molecular weight excluding hydrogens is 294 g/mol. The van der Waals surface area contributed by atoms with Crippen LogP contribution in [0.3, 0.4) is 0 Å². The van der Waals surface area contributed by atoms with Gasteiger partial charge in [0.15, 0.2) is 11.4 Å². The summed E-state index contributed by atoms with van der Waals surface area (Å²) >= 11 is 5.93. The Kier molecular flexibility index (Phi) is 4.99. The van der Waals surface area contributed by atoms with E-state index in [1.807, 2.05) is 0 Å². The maximum Gasteiger partial charge on any atom is 0.357 e. The van der Waals surface area contributed by atoms with Crippen LogP contribution in [0.5, 0.6) is 0 Å². The van der Waals surface area contributed by atoms with Crippen LogP contribution in [0.4, 0.5) is 0 Å². The molecule has 0 fully saturated rings. The fourth-order valence-corrected chi connectivity index (χ4v) is 1.57. The summed E-state index contributed by atoms with van der Waals surface area (Å²) in [5.41, 5.74) is -1.38. The molecule has 0 spiro atoms. The first-order chi connectivity index (χ1) is 9.37. The zero-order valence-corrected chi connectivity index (χ0v) is 13.9. The van der Waals surface area contributed by atoms with Crippen molar-refractivity contribution >= 4 is 23.5 Å². The van der Waals surface area contributed by atoms with Gasteiger partial charge in [-0.15, -0.1) is 0 Å². The Morgan fingerprint density at radius 3 is 1.52 bits per heavy atom. The number of carbonyl (C=O) groups is 2. The summed E-state index contributed by atoms with van der Waals surface area (Å²) in [5.74, 6) is -1.29. The molecule has 0 bridgehead atoms. The minimum atomic E-state index is -0.660. The van der Waals surface area contributed by atoms with Crippen LogP contribution in [0, 0.1) is 0 Å². The van der Waals surface area contributed by atoms with Crippen molar-refractivity contribution in [2.75, 3.05) is 0 Å². The molecule has 0 aliphatic carbocycles. The Morgan fingerprint density at radius 1 is 0.905 bits per heavy atom. The van der Waals surface area contributed by atoms with Gasteiger partial charge in [-0.2, -0.15) is 0 Å². The van der Waals surface area contributed by atoms with E-state index in [1.54, 1.807) is 41.5 Å². The minimum absolute atomic E-state index is 0.0294. The Balaban J connectivity index is 3.05. The van der Waals surface area contributed by atoms with Crippen LogP contribution in [-0.2, 0) is 9.47 Å². The van der Waals surface area contributed by atoms with Crippen LogP contribution in [0.15, 0.2) is 12.1 Å². The number of nitrogens with zero attached hydrogens (tertiary/aromatic N) is 1. The molecule has 1 rings (SSSR count). The summed E-state index contributed by atoms with van der Waals surface area (Å²) in [6, 6.07) is 2.70. The van der Waals surface area contributed by atoms with E-state index < -0.39 is 23.1 Å². The molecule has 0 atom stereocenters.